The predicted molar refractivity (Wildman–Crippen MR) is 118 cm³/mol. The molecule has 4 unspecified atom stereocenters. The Kier molecular flexibility index (Phi) is 4.93. The molecule has 2 aromatic rings. The number of rotatable bonds is 6. The van der Waals surface area contributed by atoms with Crippen LogP contribution in [-0.2, 0) is 31.3 Å². The molecular formula is C24H24N4O5. The van der Waals surface area contributed by atoms with Gasteiger partial charge in [0.1, 0.15) is 11.3 Å². The lowest BCUT2D eigenvalue weighted by Crippen LogP contribution is -2.53. The van der Waals surface area contributed by atoms with E-state index in [0.29, 0.717) is 22.6 Å². The number of primary amides is 1. The monoisotopic (exact) mass is 448 g/mol. The number of nitrogens with zero attached hydrogens (tertiary/aromatic N) is 1. The van der Waals surface area contributed by atoms with Crippen molar-refractivity contribution in [3.8, 4) is 5.75 Å². The van der Waals surface area contributed by atoms with E-state index in [0.717, 1.165) is 0 Å². The Hall–Kier alpha value is -3.72. The van der Waals surface area contributed by atoms with E-state index in [1.807, 2.05) is 12.1 Å². The van der Waals surface area contributed by atoms with Crippen LogP contribution in [0.2, 0.25) is 0 Å². The largest absolute Gasteiger partial charge is 0.496 e. The lowest BCUT2D eigenvalue weighted by molar-refractivity contribution is -0.143. The summed E-state index contributed by atoms with van der Waals surface area (Å²) in [5, 5.41) is 6.14. The number of hydrogen-bond acceptors (Lipinski definition) is 6. The Bertz CT molecular complexity index is 1180. The zero-order valence-electron chi connectivity index (χ0n) is 18.0. The second-order valence-corrected chi connectivity index (χ2v) is 8.64. The van der Waals surface area contributed by atoms with Crippen molar-refractivity contribution >= 4 is 29.3 Å². The summed E-state index contributed by atoms with van der Waals surface area (Å²) in [5.74, 6) is -2.82. The minimum Gasteiger partial charge on any atom is -0.496 e. The van der Waals surface area contributed by atoms with Crippen molar-refractivity contribution in [3.63, 3.8) is 0 Å². The third-order valence-electron chi connectivity index (χ3n) is 6.94. The second-order valence-electron chi connectivity index (χ2n) is 8.64. The van der Waals surface area contributed by atoms with Crippen LogP contribution < -0.4 is 21.1 Å². The molecule has 2 aromatic carbocycles. The third kappa shape index (κ3) is 3.03. The lowest BCUT2D eigenvalue weighted by Gasteiger charge is -2.29. The first kappa shape index (κ1) is 21.1. The fraction of sp³-hybridized carbons (Fsp3) is 0.333. The Balaban J connectivity index is 1.57. The molecule has 9 nitrogen and oxygen atoms in total. The number of anilines is 1. The van der Waals surface area contributed by atoms with Gasteiger partial charge in [0.2, 0.25) is 23.6 Å². The van der Waals surface area contributed by atoms with Crippen molar-refractivity contribution in [1.29, 1.82) is 0 Å². The molecule has 0 radical (unpaired) electrons. The predicted octanol–water partition coefficient (Wildman–Crippen LogP) is 0.881. The van der Waals surface area contributed by atoms with Crippen LogP contribution in [0.5, 0.6) is 5.75 Å². The molecule has 3 heterocycles. The molecule has 3 aliphatic heterocycles. The van der Waals surface area contributed by atoms with Gasteiger partial charge in [0.15, 0.2) is 0 Å². The molecule has 4 amide bonds. The van der Waals surface area contributed by atoms with Crippen molar-refractivity contribution in [2.75, 3.05) is 12.4 Å². The number of imide groups is 1. The molecule has 0 saturated carbocycles. The van der Waals surface area contributed by atoms with Crippen LogP contribution in [0.4, 0.5) is 5.69 Å². The highest BCUT2D eigenvalue weighted by Crippen LogP contribution is 2.53. The molecule has 1 spiro atoms. The zero-order valence-corrected chi connectivity index (χ0v) is 18.0. The van der Waals surface area contributed by atoms with Crippen molar-refractivity contribution in [2.24, 2.45) is 17.6 Å². The molecule has 2 fully saturated rings. The number of amides is 4. The summed E-state index contributed by atoms with van der Waals surface area (Å²) in [6.07, 6.45) is 0.281. The van der Waals surface area contributed by atoms with Gasteiger partial charge < -0.3 is 15.8 Å². The number of ether oxygens (including phenoxy) is 1. The van der Waals surface area contributed by atoms with Crippen molar-refractivity contribution in [2.45, 2.75) is 31.0 Å². The highest BCUT2D eigenvalue weighted by molar-refractivity contribution is 6.15. The van der Waals surface area contributed by atoms with Crippen LogP contribution in [0.3, 0.4) is 0 Å². The van der Waals surface area contributed by atoms with Crippen LogP contribution in [0.1, 0.15) is 24.0 Å². The van der Waals surface area contributed by atoms with Gasteiger partial charge >= 0.3 is 0 Å². The van der Waals surface area contributed by atoms with Gasteiger partial charge in [0.25, 0.3) is 0 Å². The van der Waals surface area contributed by atoms with Gasteiger partial charge in [-0.05, 0) is 18.6 Å². The number of methoxy groups -OCH3 is 1. The van der Waals surface area contributed by atoms with Gasteiger partial charge in [-0.15, -0.1) is 0 Å². The Morgan fingerprint density at radius 1 is 1.09 bits per heavy atom. The van der Waals surface area contributed by atoms with Gasteiger partial charge in [0.05, 0.1) is 25.5 Å². The fourth-order valence-corrected chi connectivity index (χ4v) is 5.52. The average Bonchev–Trinajstić information content (AvgIpc) is 3.39. The molecule has 4 atom stereocenters. The Labute approximate surface area is 190 Å². The number of benzene rings is 2. The standard InChI is InChI=1S/C24H24N4O5/c1-33-17-9-5-2-6-13(17)12-28-21(30)19-16(10-11-18(25)29)27-24(20(19)22(28)31)14-7-3-4-8-15(14)26-23(24)32/h2-9,16,19-20,27H,10-12H2,1H3,(H2,25,29)(H,26,32). The molecule has 9 heteroatoms. The van der Waals surface area contributed by atoms with Gasteiger partial charge in [-0.25, -0.2) is 0 Å². The number of para-hydroxylation sites is 2. The number of hydrogen-bond donors (Lipinski definition) is 3. The lowest BCUT2D eigenvalue weighted by atomic mass is 9.76. The molecule has 5 rings (SSSR count). The van der Waals surface area contributed by atoms with E-state index >= 15 is 0 Å². The van der Waals surface area contributed by atoms with Crippen LogP contribution in [0, 0.1) is 11.8 Å². The number of nitrogens with two attached hydrogens (primary N) is 1. The fourth-order valence-electron chi connectivity index (χ4n) is 5.52. The second kappa shape index (κ2) is 7.70. The number of nitrogens with one attached hydrogen (secondary N) is 2. The molecule has 2 saturated heterocycles. The van der Waals surface area contributed by atoms with Gasteiger partial charge in [-0.2, -0.15) is 0 Å². The number of likely N-dealkylation sites (tertiary alicyclic amines) is 1. The molecule has 0 aromatic heterocycles. The maximum absolute atomic E-state index is 13.8. The van der Waals surface area contributed by atoms with E-state index in [-0.39, 0.29) is 31.2 Å². The first-order chi connectivity index (χ1) is 15.9. The van der Waals surface area contributed by atoms with E-state index in [9.17, 15) is 19.2 Å². The first-order valence-electron chi connectivity index (χ1n) is 10.8. The highest BCUT2D eigenvalue weighted by Gasteiger charge is 2.70. The first-order valence-corrected chi connectivity index (χ1v) is 10.8. The maximum atomic E-state index is 13.8. The highest BCUT2D eigenvalue weighted by atomic mass is 16.5. The zero-order chi connectivity index (χ0) is 23.3. The SMILES string of the molecule is COc1ccccc1CN1C(=O)C2C(CCC(N)=O)NC3(C(=O)Nc4ccccc43)C2C1=O. The summed E-state index contributed by atoms with van der Waals surface area (Å²) in [4.78, 5) is 53.4. The number of carbonyl (C=O) groups is 4. The molecule has 4 N–H and O–H groups in total. The van der Waals surface area contributed by atoms with E-state index < -0.39 is 35.2 Å². The molecule has 33 heavy (non-hydrogen) atoms. The topological polar surface area (TPSA) is 131 Å². The van der Waals surface area contributed by atoms with E-state index in [2.05, 4.69) is 10.6 Å². The van der Waals surface area contributed by atoms with Crippen LogP contribution >= 0.6 is 0 Å². The van der Waals surface area contributed by atoms with Crippen molar-refractivity contribution < 1.29 is 23.9 Å². The van der Waals surface area contributed by atoms with E-state index in [1.54, 1.807) is 36.4 Å². The Morgan fingerprint density at radius 3 is 2.58 bits per heavy atom. The van der Waals surface area contributed by atoms with Crippen molar-refractivity contribution in [3.05, 3.63) is 59.7 Å². The molecule has 0 aliphatic carbocycles. The maximum Gasteiger partial charge on any atom is 0.250 e. The summed E-state index contributed by atoms with van der Waals surface area (Å²) in [5.41, 5.74) is 5.90. The summed E-state index contributed by atoms with van der Waals surface area (Å²) in [6.45, 7) is 0.0383. The smallest absolute Gasteiger partial charge is 0.250 e. The molecule has 0 bridgehead atoms. The minimum atomic E-state index is -1.38. The van der Waals surface area contributed by atoms with Gasteiger partial charge in [-0.1, -0.05) is 36.4 Å². The third-order valence-corrected chi connectivity index (χ3v) is 6.94. The number of carbonyl (C=O) groups excluding carboxylic acids is 4. The van der Waals surface area contributed by atoms with Crippen LogP contribution in [0.15, 0.2) is 48.5 Å². The molecule has 3 aliphatic rings. The minimum absolute atomic E-state index is 0.0359. The van der Waals surface area contributed by atoms with Crippen LogP contribution in [0.25, 0.3) is 0 Å². The molecule has 170 valence electrons. The molecular weight excluding hydrogens is 424 g/mol. The summed E-state index contributed by atoms with van der Waals surface area (Å²) < 4.78 is 5.39. The Morgan fingerprint density at radius 2 is 1.82 bits per heavy atom. The van der Waals surface area contributed by atoms with Gasteiger partial charge in [0, 0.05) is 29.3 Å². The van der Waals surface area contributed by atoms with E-state index in [4.69, 9.17) is 10.5 Å². The quantitative estimate of drug-likeness (QED) is 0.563. The average molecular weight is 448 g/mol. The van der Waals surface area contributed by atoms with Crippen molar-refractivity contribution in [1.82, 2.24) is 10.2 Å². The normalized spacial score (nSPS) is 27.6. The number of fused-ring (bicyclic) bond motifs is 4. The summed E-state index contributed by atoms with van der Waals surface area (Å²) in [7, 11) is 1.53. The van der Waals surface area contributed by atoms with Crippen LogP contribution in [-0.4, -0.2) is 41.7 Å². The van der Waals surface area contributed by atoms with E-state index in [1.165, 1.54) is 12.0 Å². The summed E-state index contributed by atoms with van der Waals surface area (Å²) in [6, 6.07) is 13.8. The summed E-state index contributed by atoms with van der Waals surface area (Å²) >= 11 is 0. The van der Waals surface area contributed by atoms with Gasteiger partial charge in [-0.3, -0.25) is 29.4 Å².